The number of nitriles is 1. The molecule has 27 heavy (non-hydrogen) atoms. The Labute approximate surface area is 169 Å². The molecule has 2 heterocycles. The van der Waals surface area contributed by atoms with E-state index in [2.05, 4.69) is 10.3 Å². The van der Waals surface area contributed by atoms with E-state index < -0.39 is 5.91 Å². The molecular formula is C19H14ClN3O2S2. The summed E-state index contributed by atoms with van der Waals surface area (Å²) in [6.45, 7) is 1.82. The second-order valence-corrected chi connectivity index (χ2v) is 7.56. The lowest BCUT2D eigenvalue weighted by Crippen LogP contribution is -2.14. The number of methoxy groups -OCH3 is 1. The van der Waals surface area contributed by atoms with Gasteiger partial charge in [0.15, 0.2) is 0 Å². The number of ether oxygens (including phenoxy) is 1. The fourth-order valence-corrected chi connectivity index (χ4v) is 3.93. The van der Waals surface area contributed by atoms with E-state index in [9.17, 15) is 10.1 Å². The van der Waals surface area contributed by atoms with E-state index in [0.717, 1.165) is 16.1 Å². The van der Waals surface area contributed by atoms with Crippen LogP contribution in [0, 0.1) is 18.3 Å². The number of thiophene rings is 1. The highest BCUT2D eigenvalue weighted by Gasteiger charge is 2.15. The monoisotopic (exact) mass is 415 g/mol. The van der Waals surface area contributed by atoms with E-state index in [0.29, 0.717) is 22.2 Å². The van der Waals surface area contributed by atoms with E-state index in [1.807, 2.05) is 35.2 Å². The number of benzene rings is 1. The Morgan fingerprint density at radius 3 is 2.89 bits per heavy atom. The minimum absolute atomic E-state index is 0.0492. The number of aryl methyl sites for hydroxylation is 1. The van der Waals surface area contributed by atoms with Gasteiger partial charge in [-0.1, -0.05) is 11.6 Å². The zero-order valence-corrected chi connectivity index (χ0v) is 16.8. The molecule has 3 aromatic rings. The first-order valence-corrected chi connectivity index (χ1v) is 9.97. The molecule has 1 aromatic carbocycles. The third-order valence-corrected chi connectivity index (χ3v) is 5.68. The molecule has 8 heteroatoms. The van der Waals surface area contributed by atoms with Crippen molar-refractivity contribution in [2.45, 2.75) is 6.92 Å². The van der Waals surface area contributed by atoms with Crippen molar-refractivity contribution >= 4 is 51.9 Å². The first-order valence-electron chi connectivity index (χ1n) is 7.77. The quantitative estimate of drug-likeness (QED) is 0.448. The number of thiazole rings is 1. The van der Waals surface area contributed by atoms with Gasteiger partial charge in [0.1, 0.15) is 22.4 Å². The molecule has 0 fully saturated rings. The number of hydrogen-bond acceptors (Lipinski definition) is 6. The van der Waals surface area contributed by atoms with Gasteiger partial charge in [-0.05, 0) is 36.1 Å². The molecule has 0 aliphatic heterocycles. The number of nitrogens with one attached hydrogen (secondary N) is 1. The molecule has 0 atom stereocenters. The lowest BCUT2D eigenvalue weighted by Gasteiger charge is -2.11. The van der Waals surface area contributed by atoms with Crippen LogP contribution in [0.4, 0.5) is 5.69 Å². The Morgan fingerprint density at radius 2 is 2.22 bits per heavy atom. The molecule has 136 valence electrons. The Hall–Kier alpha value is -2.66. The lowest BCUT2D eigenvalue weighted by molar-refractivity contribution is -0.112. The summed E-state index contributed by atoms with van der Waals surface area (Å²) in [4.78, 5) is 17.0. The molecule has 0 saturated carbocycles. The van der Waals surface area contributed by atoms with Crippen LogP contribution in [0.3, 0.4) is 0 Å². The van der Waals surface area contributed by atoms with Crippen LogP contribution in [-0.2, 0) is 4.79 Å². The van der Waals surface area contributed by atoms with Gasteiger partial charge in [0.25, 0.3) is 5.91 Å². The second kappa shape index (κ2) is 8.35. The normalized spacial score (nSPS) is 11.1. The number of carbonyl (C=O) groups excluding carboxylic acids is 1. The fraction of sp³-hybridized carbons (Fsp3) is 0.105. The molecule has 1 amide bonds. The van der Waals surface area contributed by atoms with Crippen molar-refractivity contribution < 1.29 is 9.53 Å². The predicted octanol–water partition coefficient (Wildman–Crippen LogP) is 5.39. The largest absolute Gasteiger partial charge is 0.495 e. The van der Waals surface area contributed by atoms with E-state index in [4.69, 9.17) is 16.3 Å². The minimum Gasteiger partial charge on any atom is -0.495 e. The molecule has 0 radical (unpaired) electrons. The van der Waals surface area contributed by atoms with Crippen LogP contribution in [0.2, 0.25) is 5.02 Å². The number of carbonyl (C=O) groups is 1. The third-order valence-electron chi connectivity index (χ3n) is 3.68. The number of hydrogen-bond donors (Lipinski definition) is 1. The minimum atomic E-state index is -0.539. The molecule has 5 nitrogen and oxygen atoms in total. The van der Waals surface area contributed by atoms with Crippen LogP contribution in [-0.4, -0.2) is 18.0 Å². The SMILES string of the molecule is COc1cc(Cl)c(C)cc1NC(=O)C(C#N)=Cc1csc(-c2ccsc2)n1. The van der Waals surface area contributed by atoms with E-state index in [-0.39, 0.29) is 5.57 Å². The number of rotatable bonds is 5. The summed E-state index contributed by atoms with van der Waals surface area (Å²) >= 11 is 9.13. The van der Waals surface area contributed by atoms with Gasteiger partial charge in [0.2, 0.25) is 0 Å². The maximum atomic E-state index is 12.5. The zero-order chi connectivity index (χ0) is 19.4. The molecule has 0 unspecified atom stereocenters. The van der Waals surface area contributed by atoms with Gasteiger partial charge in [-0.3, -0.25) is 4.79 Å². The summed E-state index contributed by atoms with van der Waals surface area (Å²) in [6, 6.07) is 7.22. The average Bonchev–Trinajstić information content (AvgIpc) is 3.33. The highest BCUT2D eigenvalue weighted by atomic mass is 35.5. The standard InChI is InChI=1S/C19H14ClN3O2S2/c1-11-5-16(17(25-2)7-15(11)20)23-18(24)13(8-21)6-14-10-27-19(22-14)12-3-4-26-9-12/h3-7,9-10H,1-2H3,(H,23,24). The third kappa shape index (κ3) is 4.37. The van der Waals surface area contributed by atoms with E-state index >= 15 is 0 Å². The lowest BCUT2D eigenvalue weighted by atomic mass is 10.1. The van der Waals surface area contributed by atoms with Gasteiger partial charge in [0.05, 0.1) is 18.5 Å². The van der Waals surface area contributed by atoms with Crippen molar-refractivity contribution in [3.8, 4) is 22.4 Å². The van der Waals surface area contributed by atoms with E-state index in [1.165, 1.54) is 24.5 Å². The summed E-state index contributed by atoms with van der Waals surface area (Å²) in [7, 11) is 1.49. The van der Waals surface area contributed by atoms with Gasteiger partial charge >= 0.3 is 0 Å². The van der Waals surface area contributed by atoms with Gasteiger partial charge in [0, 0.05) is 27.4 Å². The Kier molecular flexibility index (Phi) is 5.91. The highest BCUT2D eigenvalue weighted by Crippen LogP contribution is 2.31. The number of anilines is 1. The molecule has 0 aliphatic carbocycles. The molecule has 3 rings (SSSR count). The number of halogens is 1. The zero-order valence-electron chi connectivity index (χ0n) is 14.4. The summed E-state index contributed by atoms with van der Waals surface area (Å²) in [5, 5.41) is 19.3. The number of amides is 1. The Bertz CT molecular complexity index is 1050. The smallest absolute Gasteiger partial charge is 0.266 e. The van der Waals surface area contributed by atoms with Crippen LogP contribution in [0.5, 0.6) is 5.75 Å². The van der Waals surface area contributed by atoms with Gasteiger partial charge in [-0.25, -0.2) is 4.98 Å². The summed E-state index contributed by atoms with van der Waals surface area (Å²) in [6.07, 6.45) is 1.47. The number of nitrogens with zero attached hydrogens (tertiary/aromatic N) is 2. The molecule has 0 saturated heterocycles. The predicted molar refractivity (Wildman–Crippen MR) is 110 cm³/mol. The topological polar surface area (TPSA) is 75.0 Å². The summed E-state index contributed by atoms with van der Waals surface area (Å²) < 4.78 is 5.25. The summed E-state index contributed by atoms with van der Waals surface area (Å²) in [5.74, 6) is -0.118. The molecule has 1 N–H and O–H groups in total. The van der Waals surface area contributed by atoms with Gasteiger partial charge in [-0.2, -0.15) is 16.6 Å². The van der Waals surface area contributed by atoms with Gasteiger partial charge < -0.3 is 10.1 Å². The van der Waals surface area contributed by atoms with Crippen LogP contribution in [0.1, 0.15) is 11.3 Å². The van der Waals surface area contributed by atoms with Crippen LogP contribution < -0.4 is 10.1 Å². The Morgan fingerprint density at radius 1 is 1.41 bits per heavy atom. The first kappa shape index (κ1) is 19.1. The van der Waals surface area contributed by atoms with Crippen LogP contribution >= 0.6 is 34.3 Å². The van der Waals surface area contributed by atoms with Crippen molar-refractivity contribution in [2.24, 2.45) is 0 Å². The van der Waals surface area contributed by atoms with Crippen LogP contribution in [0.15, 0.2) is 39.9 Å². The Balaban J connectivity index is 1.84. The van der Waals surface area contributed by atoms with Crippen LogP contribution in [0.25, 0.3) is 16.6 Å². The van der Waals surface area contributed by atoms with E-state index in [1.54, 1.807) is 23.5 Å². The second-order valence-electron chi connectivity index (χ2n) is 5.52. The molecule has 2 aromatic heterocycles. The van der Waals surface area contributed by atoms with Crippen molar-refractivity contribution in [1.29, 1.82) is 5.26 Å². The highest BCUT2D eigenvalue weighted by molar-refractivity contribution is 7.14. The summed E-state index contributed by atoms with van der Waals surface area (Å²) in [5.41, 5.74) is 2.77. The van der Waals surface area contributed by atoms with Crippen molar-refractivity contribution in [3.05, 3.63) is 56.2 Å². The van der Waals surface area contributed by atoms with Crippen molar-refractivity contribution in [1.82, 2.24) is 4.98 Å². The van der Waals surface area contributed by atoms with Crippen molar-refractivity contribution in [2.75, 3.05) is 12.4 Å². The molecule has 0 bridgehead atoms. The van der Waals surface area contributed by atoms with Gasteiger partial charge in [-0.15, -0.1) is 11.3 Å². The fourth-order valence-electron chi connectivity index (χ4n) is 2.29. The maximum absolute atomic E-state index is 12.5. The molecule has 0 spiro atoms. The molecule has 0 aliphatic rings. The average molecular weight is 416 g/mol. The molecular weight excluding hydrogens is 402 g/mol. The van der Waals surface area contributed by atoms with Crippen molar-refractivity contribution in [3.63, 3.8) is 0 Å². The first-order chi connectivity index (χ1) is 13.0. The maximum Gasteiger partial charge on any atom is 0.266 e. The number of aromatic nitrogens is 1.